The first-order valence-corrected chi connectivity index (χ1v) is 11.4. The lowest BCUT2D eigenvalue weighted by Crippen LogP contribution is -2.41. The number of amides is 1. The second-order valence-electron chi connectivity index (χ2n) is 7.41. The van der Waals surface area contributed by atoms with Crippen molar-refractivity contribution in [1.29, 1.82) is 0 Å². The number of benzene rings is 2. The van der Waals surface area contributed by atoms with E-state index in [0.29, 0.717) is 17.2 Å². The van der Waals surface area contributed by atoms with Crippen LogP contribution in [0.5, 0.6) is 11.5 Å². The van der Waals surface area contributed by atoms with Crippen molar-refractivity contribution in [3.8, 4) is 11.5 Å². The largest absolute Gasteiger partial charge is 0.497 e. The van der Waals surface area contributed by atoms with E-state index >= 15 is 0 Å². The molecule has 0 aliphatic heterocycles. The van der Waals surface area contributed by atoms with Gasteiger partial charge in [-0.05, 0) is 57.0 Å². The number of methoxy groups -OCH3 is 2. The Morgan fingerprint density at radius 1 is 1.07 bits per heavy atom. The van der Waals surface area contributed by atoms with Gasteiger partial charge in [-0.2, -0.15) is 0 Å². The predicted molar refractivity (Wildman–Crippen MR) is 119 cm³/mol. The molecule has 1 amide bonds. The first-order valence-electron chi connectivity index (χ1n) is 9.54. The number of hydrogen-bond acceptors (Lipinski definition) is 5. The maximum Gasteiger partial charge on any atom is 0.241 e. The Balaban J connectivity index is 2.30. The van der Waals surface area contributed by atoms with Crippen LogP contribution in [0.25, 0.3) is 0 Å². The van der Waals surface area contributed by atoms with Crippen LogP contribution in [0.2, 0.25) is 0 Å². The third kappa shape index (κ3) is 5.44. The van der Waals surface area contributed by atoms with E-state index in [1.165, 1.54) is 0 Å². The Labute approximate surface area is 179 Å². The van der Waals surface area contributed by atoms with Crippen molar-refractivity contribution in [2.75, 3.05) is 31.3 Å². The van der Waals surface area contributed by atoms with Crippen LogP contribution >= 0.6 is 0 Å². The van der Waals surface area contributed by atoms with Gasteiger partial charge in [0, 0.05) is 5.56 Å². The zero-order valence-electron chi connectivity index (χ0n) is 18.6. The molecule has 0 saturated carbocycles. The molecule has 0 spiro atoms. The fraction of sp³-hybridized carbons (Fsp3) is 0.409. The van der Waals surface area contributed by atoms with Crippen LogP contribution in [0.1, 0.15) is 35.2 Å². The number of ether oxygens (including phenoxy) is 2. The summed E-state index contributed by atoms with van der Waals surface area (Å²) in [5, 5.41) is 2.86. The summed E-state index contributed by atoms with van der Waals surface area (Å²) in [4.78, 5) is 12.8. The van der Waals surface area contributed by atoms with Gasteiger partial charge < -0.3 is 14.8 Å². The van der Waals surface area contributed by atoms with Gasteiger partial charge in [-0.1, -0.05) is 17.7 Å². The molecule has 0 bridgehead atoms. The summed E-state index contributed by atoms with van der Waals surface area (Å²) in [5.74, 6) is 0.821. The number of carbonyl (C=O) groups excluding carboxylic acids is 1. The highest BCUT2D eigenvalue weighted by Crippen LogP contribution is 2.30. The number of rotatable bonds is 8. The average Bonchev–Trinajstić information content (AvgIpc) is 2.65. The third-order valence-corrected chi connectivity index (χ3v) is 5.97. The van der Waals surface area contributed by atoms with Crippen molar-refractivity contribution in [3.05, 3.63) is 52.6 Å². The number of aryl methyl sites for hydroxylation is 3. The van der Waals surface area contributed by atoms with Gasteiger partial charge in [0.2, 0.25) is 15.9 Å². The minimum Gasteiger partial charge on any atom is -0.497 e. The highest BCUT2D eigenvalue weighted by molar-refractivity contribution is 7.92. The second kappa shape index (κ2) is 9.38. The monoisotopic (exact) mass is 434 g/mol. The maximum atomic E-state index is 12.8. The summed E-state index contributed by atoms with van der Waals surface area (Å²) in [6.07, 6.45) is 1.10. The predicted octanol–water partition coefficient (Wildman–Crippen LogP) is 3.27. The molecule has 0 aliphatic rings. The van der Waals surface area contributed by atoms with Crippen LogP contribution in [-0.4, -0.2) is 41.3 Å². The Kier molecular flexibility index (Phi) is 7.36. The van der Waals surface area contributed by atoms with Gasteiger partial charge in [-0.15, -0.1) is 0 Å². The van der Waals surface area contributed by atoms with E-state index in [0.717, 1.165) is 32.8 Å². The second-order valence-corrected chi connectivity index (χ2v) is 9.32. The molecule has 0 aromatic heterocycles. The molecular weight excluding hydrogens is 404 g/mol. The van der Waals surface area contributed by atoms with Crippen molar-refractivity contribution < 1.29 is 22.7 Å². The van der Waals surface area contributed by atoms with Crippen molar-refractivity contribution in [1.82, 2.24) is 5.32 Å². The summed E-state index contributed by atoms with van der Waals surface area (Å²) in [6.45, 7) is 7.12. The van der Waals surface area contributed by atoms with Crippen LogP contribution in [-0.2, 0) is 14.8 Å². The number of nitrogens with zero attached hydrogens (tertiary/aromatic N) is 1. The SMILES string of the molecule is COc1ccc(OC)c(C(C)NC(=O)CN(c2c(C)cc(C)cc2C)S(C)(=O)=O)c1. The molecule has 0 aliphatic carbocycles. The topological polar surface area (TPSA) is 84.9 Å². The van der Waals surface area contributed by atoms with Crippen LogP contribution < -0.4 is 19.1 Å². The molecule has 0 saturated heterocycles. The lowest BCUT2D eigenvalue weighted by atomic mass is 10.0. The molecule has 1 unspecified atom stereocenters. The molecule has 2 aromatic rings. The van der Waals surface area contributed by atoms with Crippen molar-refractivity contribution in [2.24, 2.45) is 0 Å². The highest BCUT2D eigenvalue weighted by Gasteiger charge is 2.25. The quantitative estimate of drug-likeness (QED) is 0.689. The lowest BCUT2D eigenvalue weighted by molar-refractivity contribution is -0.120. The third-order valence-electron chi connectivity index (χ3n) is 4.85. The summed E-state index contributed by atoms with van der Waals surface area (Å²) in [7, 11) is -0.557. The first-order chi connectivity index (χ1) is 14.0. The number of hydrogen-bond donors (Lipinski definition) is 1. The smallest absolute Gasteiger partial charge is 0.241 e. The van der Waals surface area contributed by atoms with E-state index in [-0.39, 0.29) is 6.54 Å². The summed E-state index contributed by atoms with van der Waals surface area (Å²) in [5.41, 5.74) is 3.90. The molecule has 0 heterocycles. The Morgan fingerprint density at radius 3 is 2.17 bits per heavy atom. The van der Waals surface area contributed by atoms with Gasteiger partial charge in [0.15, 0.2) is 0 Å². The van der Waals surface area contributed by atoms with Crippen LogP contribution in [0, 0.1) is 20.8 Å². The van der Waals surface area contributed by atoms with Crippen molar-refractivity contribution in [2.45, 2.75) is 33.7 Å². The zero-order chi connectivity index (χ0) is 22.6. The maximum absolute atomic E-state index is 12.8. The van der Waals surface area contributed by atoms with Crippen molar-refractivity contribution in [3.63, 3.8) is 0 Å². The summed E-state index contributed by atoms with van der Waals surface area (Å²) >= 11 is 0. The number of nitrogens with one attached hydrogen (secondary N) is 1. The zero-order valence-corrected chi connectivity index (χ0v) is 19.4. The molecule has 30 heavy (non-hydrogen) atoms. The van der Waals surface area contributed by atoms with E-state index in [4.69, 9.17) is 9.47 Å². The molecular formula is C22H30N2O5S. The fourth-order valence-electron chi connectivity index (χ4n) is 3.60. The van der Waals surface area contributed by atoms with Crippen LogP contribution in [0.15, 0.2) is 30.3 Å². The Bertz CT molecular complexity index is 1010. The fourth-order valence-corrected chi connectivity index (χ4v) is 4.57. The molecule has 1 N–H and O–H groups in total. The average molecular weight is 435 g/mol. The molecule has 164 valence electrons. The van der Waals surface area contributed by atoms with Gasteiger partial charge in [0.25, 0.3) is 0 Å². The standard InChI is InChI=1S/C22H30N2O5S/c1-14-10-15(2)22(16(3)11-14)24(30(7,26)27)13-21(25)23-17(4)19-12-18(28-5)8-9-20(19)29-6/h8-12,17H,13H2,1-7H3,(H,23,25). The van der Waals surface area contributed by atoms with Gasteiger partial charge in [0.05, 0.1) is 32.2 Å². The van der Waals surface area contributed by atoms with Crippen LogP contribution in [0.3, 0.4) is 0 Å². The molecule has 8 heteroatoms. The molecule has 0 fully saturated rings. The highest BCUT2D eigenvalue weighted by atomic mass is 32.2. The minimum atomic E-state index is -3.67. The lowest BCUT2D eigenvalue weighted by Gasteiger charge is -2.27. The van der Waals surface area contributed by atoms with Crippen molar-refractivity contribution >= 4 is 21.6 Å². The normalized spacial score (nSPS) is 12.2. The molecule has 7 nitrogen and oxygen atoms in total. The molecule has 0 radical (unpaired) electrons. The van der Waals surface area contributed by atoms with Gasteiger partial charge >= 0.3 is 0 Å². The Hall–Kier alpha value is -2.74. The first kappa shape index (κ1) is 23.5. The number of sulfonamides is 1. The van der Waals surface area contributed by atoms with E-state index in [1.807, 2.05) is 39.8 Å². The Morgan fingerprint density at radius 2 is 1.67 bits per heavy atom. The van der Waals surface area contributed by atoms with Crippen LogP contribution in [0.4, 0.5) is 5.69 Å². The van der Waals surface area contributed by atoms with Gasteiger partial charge in [-0.25, -0.2) is 8.42 Å². The molecule has 2 rings (SSSR count). The summed E-state index contributed by atoms with van der Waals surface area (Å²) < 4.78 is 36.8. The summed E-state index contributed by atoms with van der Waals surface area (Å²) in [6, 6.07) is 8.71. The van der Waals surface area contributed by atoms with E-state index in [9.17, 15) is 13.2 Å². The van der Waals surface area contributed by atoms with E-state index in [1.54, 1.807) is 32.4 Å². The molecule has 1 atom stereocenters. The van der Waals surface area contributed by atoms with Gasteiger partial charge in [0.1, 0.15) is 18.0 Å². The molecule has 2 aromatic carbocycles. The number of anilines is 1. The van der Waals surface area contributed by atoms with E-state index < -0.39 is 22.0 Å². The number of carbonyl (C=O) groups is 1. The van der Waals surface area contributed by atoms with Gasteiger partial charge in [-0.3, -0.25) is 9.10 Å². The van der Waals surface area contributed by atoms with E-state index in [2.05, 4.69) is 5.32 Å². The minimum absolute atomic E-state index is 0.319.